The van der Waals surface area contributed by atoms with E-state index < -0.39 is 0 Å². The molecule has 0 aliphatic rings. The van der Waals surface area contributed by atoms with Gasteiger partial charge >= 0.3 is 0 Å². The van der Waals surface area contributed by atoms with Crippen molar-refractivity contribution in [2.24, 2.45) is 5.73 Å². The SMILES string of the molecule is CCOC(CN)CSc1ccccc1OC. The zero-order valence-electron chi connectivity index (χ0n) is 9.81. The first-order chi connectivity index (χ1) is 7.81. The molecule has 0 radical (unpaired) electrons. The van der Waals surface area contributed by atoms with Crippen LogP contribution in [0.5, 0.6) is 5.75 Å². The quantitative estimate of drug-likeness (QED) is 0.743. The molecule has 1 atom stereocenters. The molecule has 3 nitrogen and oxygen atoms in total. The molecule has 1 unspecified atom stereocenters. The smallest absolute Gasteiger partial charge is 0.132 e. The van der Waals surface area contributed by atoms with E-state index in [2.05, 4.69) is 0 Å². The summed E-state index contributed by atoms with van der Waals surface area (Å²) in [5, 5.41) is 0. The standard InChI is InChI=1S/C12H19NO2S/c1-3-15-10(8-13)9-16-12-7-5-4-6-11(12)14-2/h4-7,10H,3,8-9,13H2,1-2H3. The van der Waals surface area contributed by atoms with E-state index >= 15 is 0 Å². The summed E-state index contributed by atoms with van der Waals surface area (Å²) < 4.78 is 10.8. The lowest BCUT2D eigenvalue weighted by molar-refractivity contribution is 0.0858. The summed E-state index contributed by atoms with van der Waals surface area (Å²) in [7, 11) is 1.68. The van der Waals surface area contributed by atoms with Crippen molar-refractivity contribution in [1.29, 1.82) is 0 Å². The summed E-state index contributed by atoms with van der Waals surface area (Å²) in [6.45, 7) is 3.24. The van der Waals surface area contributed by atoms with Gasteiger partial charge in [-0.15, -0.1) is 11.8 Å². The zero-order valence-corrected chi connectivity index (χ0v) is 10.6. The van der Waals surface area contributed by atoms with Crippen molar-refractivity contribution in [2.75, 3.05) is 26.0 Å². The Balaban J connectivity index is 2.52. The molecular weight excluding hydrogens is 222 g/mol. The molecule has 0 aliphatic heterocycles. The first-order valence-electron chi connectivity index (χ1n) is 5.39. The van der Waals surface area contributed by atoms with Crippen molar-refractivity contribution in [3.8, 4) is 5.75 Å². The Morgan fingerprint density at radius 1 is 1.38 bits per heavy atom. The first kappa shape index (κ1) is 13.4. The molecule has 0 aliphatic carbocycles. The second-order valence-corrected chi connectivity index (χ2v) is 4.34. The predicted octanol–water partition coefficient (Wildman–Crippen LogP) is 2.15. The lowest BCUT2D eigenvalue weighted by Gasteiger charge is -2.15. The molecule has 0 spiro atoms. The van der Waals surface area contributed by atoms with E-state index in [0.29, 0.717) is 13.2 Å². The number of para-hydroxylation sites is 1. The van der Waals surface area contributed by atoms with Crippen LogP contribution in [0.3, 0.4) is 0 Å². The second-order valence-electron chi connectivity index (χ2n) is 3.27. The lowest BCUT2D eigenvalue weighted by atomic mass is 10.3. The molecule has 2 N–H and O–H groups in total. The van der Waals surface area contributed by atoms with Crippen LogP contribution < -0.4 is 10.5 Å². The second kappa shape index (κ2) is 7.54. The molecule has 1 rings (SSSR count). The highest BCUT2D eigenvalue weighted by Gasteiger charge is 2.09. The average molecular weight is 241 g/mol. The van der Waals surface area contributed by atoms with Gasteiger partial charge in [0.05, 0.1) is 13.2 Å². The van der Waals surface area contributed by atoms with Crippen LogP contribution in [-0.4, -0.2) is 32.1 Å². The Kier molecular flexibility index (Phi) is 6.30. The fraction of sp³-hybridized carbons (Fsp3) is 0.500. The molecule has 0 bridgehead atoms. The third-order valence-corrected chi connectivity index (χ3v) is 3.35. The highest BCUT2D eigenvalue weighted by molar-refractivity contribution is 7.99. The highest BCUT2D eigenvalue weighted by atomic mass is 32.2. The number of nitrogens with two attached hydrogens (primary N) is 1. The Bertz CT molecular complexity index is 307. The minimum absolute atomic E-state index is 0.111. The maximum Gasteiger partial charge on any atom is 0.132 e. The number of ether oxygens (including phenoxy) is 2. The predicted molar refractivity (Wildman–Crippen MR) is 68.2 cm³/mol. The molecule has 0 saturated heterocycles. The van der Waals surface area contributed by atoms with E-state index in [1.165, 1.54) is 0 Å². The van der Waals surface area contributed by atoms with Gasteiger partial charge in [0.25, 0.3) is 0 Å². The highest BCUT2D eigenvalue weighted by Crippen LogP contribution is 2.29. The minimum Gasteiger partial charge on any atom is -0.496 e. The number of thioether (sulfide) groups is 1. The molecule has 90 valence electrons. The molecular formula is C12H19NO2S. The summed E-state index contributed by atoms with van der Waals surface area (Å²) in [4.78, 5) is 1.13. The van der Waals surface area contributed by atoms with Crippen LogP contribution in [-0.2, 0) is 4.74 Å². The Morgan fingerprint density at radius 2 is 2.12 bits per heavy atom. The lowest BCUT2D eigenvalue weighted by Crippen LogP contribution is -2.26. The van der Waals surface area contributed by atoms with E-state index in [4.69, 9.17) is 15.2 Å². The van der Waals surface area contributed by atoms with Crippen molar-refractivity contribution in [1.82, 2.24) is 0 Å². The van der Waals surface area contributed by atoms with Gasteiger partial charge in [-0.1, -0.05) is 12.1 Å². The van der Waals surface area contributed by atoms with Crippen LogP contribution in [0, 0.1) is 0 Å². The maximum atomic E-state index is 5.62. The van der Waals surface area contributed by atoms with E-state index in [1.807, 2.05) is 31.2 Å². The topological polar surface area (TPSA) is 44.5 Å². The summed E-state index contributed by atoms with van der Waals surface area (Å²) in [6.07, 6.45) is 0.111. The molecule has 16 heavy (non-hydrogen) atoms. The van der Waals surface area contributed by atoms with Gasteiger partial charge in [-0.25, -0.2) is 0 Å². The zero-order chi connectivity index (χ0) is 11.8. The summed E-state index contributed by atoms with van der Waals surface area (Å²) in [5.41, 5.74) is 5.62. The Hall–Kier alpha value is -0.710. The number of rotatable bonds is 7. The number of methoxy groups -OCH3 is 1. The third-order valence-electron chi connectivity index (χ3n) is 2.16. The van der Waals surface area contributed by atoms with Gasteiger partial charge in [-0.3, -0.25) is 0 Å². The molecule has 0 fully saturated rings. The van der Waals surface area contributed by atoms with Crippen molar-refractivity contribution in [3.63, 3.8) is 0 Å². The van der Waals surface area contributed by atoms with E-state index in [1.54, 1.807) is 18.9 Å². The van der Waals surface area contributed by atoms with E-state index in [9.17, 15) is 0 Å². The first-order valence-corrected chi connectivity index (χ1v) is 6.37. The summed E-state index contributed by atoms with van der Waals surface area (Å²) >= 11 is 1.71. The Labute approximate surface area is 101 Å². The maximum absolute atomic E-state index is 5.62. The summed E-state index contributed by atoms with van der Waals surface area (Å²) in [6, 6.07) is 7.97. The molecule has 1 aromatic carbocycles. The number of hydrogen-bond donors (Lipinski definition) is 1. The Morgan fingerprint density at radius 3 is 2.75 bits per heavy atom. The molecule has 4 heteroatoms. The van der Waals surface area contributed by atoms with E-state index in [-0.39, 0.29) is 6.10 Å². The third kappa shape index (κ3) is 4.04. The largest absolute Gasteiger partial charge is 0.496 e. The van der Waals surface area contributed by atoms with Crippen LogP contribution in [0.4, 0.5) is 0 Å². The van der Waals surface area contributed by atoms with E-state index in [0.717, 1.165) is 16.4 Å². The molecule has 0 saturated carbocycles. The van der Waals surface area contributed by atoms with Gasteiger partial charge in [-0.05, 0) is 19.1 Å². The van der Waals surface area contributed by atoms with Gasteiger partial charge in [0.15, 0.2) is 0 Å². The van der Waals surface area contributed by atoms with Gasteiger partial charge in [0.1, 0.15) is 5.75 Å². The molecule has 0 amide bonds. The van der Waals surface area contributed by atoms with Crippen molar-refractivity contribution in [2.45, 2.75) is 17.9 Å². The van der Waals surface area contributed by atoms with Crippen molar-refractivity contribution in [3.05, 3.63) is 24.3 Å². The van der Waals surface area contributed by atoms with Crippen LogP contribution in [0.2, 0.25) is 0 Å². The van der Waals surface area contributed by atoms with Crippen molar-refractivity contribution < 1.29 is 9.47 Å². The van der Waals surface area contributed by atoms with Gasteiger partial charge in [0, 0.05) is 23.8 Å². The fourth-order valence-electron chi connectivity index (χ4n) is 1.34. The molecule has 0 aromatic heterocycles. The average Bonchev–Trinajstić information content (AvgIpc) is 2.34. The van der Waals surface area contributed by atoms with Crippen LogP contribution >= 0.6 is 11.8 Å². The molecule has 1 aromatic rings. The fourth-order valence-corrected chi connectivity index (χ4v) is 2.41. The van der Waals surface area contributed by atoms with Crippen LogP contribution in [0.1, 0.15) is 6.92 Å². The number of benzene rings is 1. The van der Waals surface area contributed by atoms with Crippen LogP contribution in [0.25, 0.3) is 0 Å². The summed E-state index contributed by atoms with van der Waals surface area (Å²) in [5.74, 6) is 1.75. The normalized spacial score (nSPS) is 12.4. The van der Waals surface area contributed by atoms with Gasteiger partial charge in [0.2, 0.25) is 0 Å². The number of hydrogen-bond acceptors (Lipinski definition) is 4. The minimum atomic E-state index is 0.111. The van der Waals surface area contributed by atoms with Gasteiger partial charge in [-0.2, -0.15) is 0 Å². The van der Waals surface area contributed by atoms with Crippen LogP contribution in [0.15, 0.2) is 29.2 Å². The van der Waals surface area contributed by atoms with Gasteiger partial charge < -0.3 is 15.2 Å². The monoisotopic (exact) mass is 241 g/mol. The molecule has 0 heterocycles. The van der Waals surface area contributed by atoms with Crippen molar-refractivity contribution >= 4 is 11.8 Å².